The van der Waals surface area contributed by atoms with Crippen LogP contribution in [0.5, 0.6) is 0 Å². The summed E-state index contributed by atoms with van der Waals surface area (Å²) in [4.78, 5) is 41.2. The van der Waals surface area contributed by atoms with Crippen LogP contribution in [0.25, 0.3) is 10.9 Å². The number of carbonyl (C=O) groups excluding carboxylic acids is 2. The van der Waals surface area contributed by atoms with Gasteiger partial charge in [0.15, 0.2) is 6.61 Å². The highest BCUT2D eigenvalue weighted by molar-refractivity contribution is 5.99. The lowest BCUT2D eigenvalue weighted by Gasteiger charge is -2.13. The third-order valence-corrected chi connectivity index (χ3v) is 4.95. The molecule has 7 heteroatoms. The quantitative estimate of drug-likeness (QED) is 0.453. The van der Waals surface area contributed by atoms with E-state index >= 15 is 0 Å². The first kappa shape index (κ1) is 20.5. The summed E-state index contributed by atoms with van der Waals surface area (Å²) in [7, 11) is 0. The normalized spacial score (nSPS) is 11.2. The molecular weight excluding hydrogens is 370 g/mol. The van der Waals surface area contributed by atoms with Crippen LogP contribution in [0, 0.1) is 13.8 Å². The standard InChI is InChI=1S/C22H25N3O4/c1-14(2)25-15(3)11-18(16(25)4)20(26)12-29-21(27)9-10-24-13-23-19-8-6-5-7-17(19)22(24)28/h5-8,11,13-14H,9-10,12H2,1-4H3. The molecule has 0 amide bonds. The van der Waals surface area contributed by atoms with Crippen LogP contribution < -0.4 is 5.56 Å². The van der Waals surface area contributed by atoms with Gasteiger partial charge in [0.25, 0.3) is 5.56 Å². The van der Waals surface area contributed by atoms with E-state index < -0.39 is 5.97 Å². The number of nitrogens with zero attached hydrogens (tertiary/aromatic N) is 3. The van der Waals surface area contributed by atoms with Crippen LogP contribution in [0.2, 0.25) is 0 Å². The highest BCUT2D eigenvalue weighted by atomic mass is 16.5. The fourth-order valence-corrected chi connectivity index (χ4v) is 3.63. The maximum Gasteiger partial charge on any atom is 0.308 e. The number of rotatable bonds is 7. The van der Waals surface area contributed by atoms with Crippen LogP contribution in [0.3, 0.4) is 0 Å². The van der Waals surface area contributed by atoms with E-state index in [9.17, 15) is 14.4 Å². The van der Waals surface area contributed by atoms with Gasteiger partial charge in [-0.25, -0.2) is 4.98 Å². The number of benzene rings is 1. The van der Waals surface area contributed by atoms with E-state index in [4.69, 9.17) is 4.74 Å². The molecule has 1 aromatic carbocycles. The molecule has 2 aromatic heterocycles. The van der Waals surface area contributed by atoms with E-state index in [0.717, 1.165) is 11.4 Å². The first-order valence-electron chi connectivity index (χ1n) is 9.61. The van der Waals surface area contributed by atoms with Crippen LogP contribution in [-0.2, 0) is 16.1 Å². The molecule has 0 aliphatic heterocycles. The van der Waals surface area contributed by atoms with E-state index in [-0.39, 0.29) is 37.0 Å². The second-order valence-corrected chi connectivity index (χ2v) is 7.34. The average molecular weight is 395 g/mol. The second-order valence-electron chi connectivity index (χ2n) is 7.34. The lowest BCUT2D eigenvalue weighted by Crippen LogP contribution is -2.23. The molecular formula is C22H25N3O4. The van der Waals surface area contributed by atoms with Gasteiger partial charge in [-0.1, -0.05) is 12.1 Å². The van der Waals surface area contributed by atoms with Gasteiger partial charge in [0, 0.05) is 29.5 Å². The third-order valence-electron chi connectivity index (χ3n) is 4.95. The van der Waals surface area contributed by atoms with Crippen LogP contribution in [0.4, 0.5) is 0 Å². The number of Topliss-reactive ketones (excluding diaryl/α,β-unsaturated/α-hetero) is 1. The maximum atomic E-state index is 12.5. The summed E-state index contributed by atoms with van der Waals surface area (Å²) in [5.74, 6) is -0.765. The summed E-state index contributed by atoms with van der Waals surface area (Å²) < 4.78 is 8.59. The molecule has 29 heavy (non-hydrogen) atoms. The molecule has 0 saturated carbocycles. The molecule has 7 nitrogen and oxygen atoms in total. The number of aryl methyl sites for hydroxylation is 2. The van der Waals surface area contributed by atoms with Crippen molar-refractivity contribution in [2.75, 3.05) is 6.61 Å². The second kappa shape index (κ2) is 8.43. The van der Waals surface area contributed by atoms with E-state index in [1.807, 2.05) is 26.0 Å². The van der Waals surface area contributed by atoms with Crippen molar-refractivity contribution in [3.05, 3.63) is 64.0 Å². The zero-order chi connectivity index (χ0) is 21.1. The van der Waals surface area contributed by atoms with Gasteiger partial charge >= 0.3 is 5.97 Å². The number of carbonyl (C=O) groups is 2. The Morgan fingerprint density at radius 3 is 2.59 bits per heavy atom. The van der Waals surface area contributed by atoms with Gasteiger partial charge in [0.05, 0.1) is 23.7 Å². The van der Waals surface area contributed by atoms with E-state index in [1.165, 1.54) is 10.9 Å². The number of ether oxygens (including phenoxy) is 1. The highest BCUT2D eigenvalue weighted by Gasteiger charge is 2.18. The van der Waals surface area contributed by atoms with Crippen LogP contribution in [0.15, 0.2) is 41.5 Å². The minimum absolute atomic E-state index is 0.0157. The van der Waals surface area contributed by atoms with Crippen molar-refractivity contribution in [2.24, 2.45) is 0 Å². The molecule has 0 aliphatic carbocycles. The van der Waals surface area contributed by atoms with Crippen molar-refractivity contribution in [3.63, 3.8) is 0 Å². The number of hydrogen-bond acceptors (Lipinski definition) is 5. The number of aromatic nitrogens is 3. The summed E-state index contributed by atoms with van der Waals surface area (Å²) in [5.41, 5.74) is 2.84. The molecule has 0 atom stereocenters. The summed E-state index contributed by atoms with van der Waals surface area (Å²) in [6.07, 6.45) is 1.40. The Morgan fingerprint density at radius 1 is 1.17 bits per heavy atom. The zero-order valence-electron chi connectivity index (χ0n) is 17.1. The molecule has 0 aliphatic rings. The predicted molar refractivity (Wildman–Crippen MR) is 110 cm³/mol. The van der Waals surface area contributed by atoms with Crippen LogP contribution >= 0.6 is 0 Å². The molecule has 3 aromatic rings. The topological polar surface area (TPSA) is 83.2 Å². The number of para-hydroxylation sites is 1. The Balaban J connectivity index is 1.60. The first-order valence-corrected chi connectivity index (χ1v) is 9.61. The largest absolute Gasteiger partial charge is 0.457 e. The van der Waals surface area contributed by atoms with E-state index in [0.29, 0.717) is 16.5 Å². The number of hydrogen-bond donors (Lipinski definition) is 0. The maximum absolute atomic E-state index is 12.5. The van der Waals surface area contributed by atoms with E-state index in [1.54, 1.807) is 18.2 Å². The molecule has 0 radical (unpaired) electrons. The summed E-state index contributed by atoms with van der Waals surface area (Å²) >= 11 is 0. The lowest BCUT2D eigenvalue weighted by molar-refractivity contribution is -0.142. The van der Waals surface area contributed by atoms with Crippen molar-refractivity contribution < 1.29 is 14.3 Å². The minimum Gasteiger partial charge on any atom is -0.457 e. The van der Waals surface area contributed by atoms with Crippen molar-refractivity contribution in [3.8, 4) is 0 Å². The monoisotopic (exact) mass is 395 g/mol. The summed E-state index contributed by atoms with van der Waals surface area (Å²) in [6, 6.07) is 9.11. The fraction of sp³-hybridized carbons (Fsp3) is 0.364. The molecule has 0 unspecified atom stereocenters. The molecule has 0 N–H and O–H groups in total. The van der Waals surface area contributed by atoms with Gasteiger partial charge in [-0.3, -0.25) is 19.0 Å². The Labute approximate surface area is 168 Å². The smallest absolute Gasteiger partial charge is 0.308 e. The first-order chi connectivity index (χ1) is 13.8. The van der Waals surface area contributed by atoms with Gasteiger partial charge in [0.2, 0.25) is 5.78 Å². The molecule has 2 heterocycles. The Morgan fingerprint density at radius 2 is 1.90 bits per heavy atom. The average Bonchev–Trinajstić information content (AvgIpc) is 3.00. The Hall–Kier alpha value is -3.22. The fourth-order valence-electron chi connectivity index (χ4n) is 3.63. The summed E-state index contributed by atoms with van der Waals surface area (Å²) in [5, 5.41) is 0.499. The van der Waals surface area contributed by atoms with Gasteiger partial charge < -0.3 is 9.30 Å². The number of fused-ring (bicyclic) bond motifs is 1. The molecule has 0 fully saturated rings. The van der Waals surface area contributed by atoms with Crippen molar-refractivity contribution in [1.82, 2.24) is 14.1 Å². The van der Waals surface area contributed by atoms with Gasteiger partial charge in [-0.15, -0.1) is 0 Å². The van der Waals surface area contributed by atoms with Gasteiger partial charge in [-0.2, -0.15) is 0 Å². The SMILES string of the molecule is Cc1cc(C(=O)COC(=O)CCn2cnc3ccccc3c2=O)c(C)n1C(C)C. The number of esters is 1. The number of ketones is 1. The highest BCUT2D eigenvalue weighted by Crippen LogP contribution is 2.20. The summed E-state index contributed by atoms with van der Waals surface area (Å²) in [6.45, 7) is 7.78. The van der Waals surface area contributed by atoms with Crippen molar-refractivity contribution >= 4 is 22.7 Å². The molecule has 0 bridgehead atoms. The zero-order valence-corrected chi connectivity index (χ0v) is 17.1. The van der Waals surface area contributed by atoms with Crippen LogP contribution in [0.1, 0.15) is 48.1 Å². The van der Waals surface area contributed by atoms with E-state index in [2.05, 4.69) is 23.4 Å². The Kier molecular flexibility index (Phi) is 5.96. The molecule has 0 saturated heterocycles. The minimum atomic E-state index is -0.531. The van der Waals surface area contributed by atoms with Crippen LogP contribution in [-0.4, -0.2) is 32.5 Å². The van der Waals surface area contributed by atoms with Gasteiger partial charge in [-0.05, 0) is 45.9 Å². The third kappa shape index (κ3) is 4.29. The lowest BCUT2D eigenvalue weighted by atomic mass is 10.1. The molecule has 152 valence electrons. The Bertz CT molecular complexity index is 1120. The molecule has 0 spiro atoms. The van der Waals surface area contributed by atoms with Crippen molar-refractivity contribution in [2.45, 2.75) is 46.7 Å². The van der Waals surface area contributed by atoms with Gasteiger partial charge in [0.1, 0.15) is 0 Å². The van der Waals surface area contributed by atoms with Crippen molar-refractivity contribution in [1.29, 1.82) is 0 Å². The predicted octanol–water partition coefficient (Wildman–Crippen LogP) is 3.21. The molecule has 3 rings (SSSR count).